The third kappa shape index (κ3) is 1.59. The molecular weight excluding hydrogens is 210 g/mol. The molecule has 2 heteroatoms. The number of likely N-dealkylation sites (N-methyl/N-ethyl adjacent to an activating group) is 1. The van der Waals surface area contributed by atoms with Crippen LogP contribution in [0.15, 0.2) is 36.4 Å². The van der Waals surface area contributed by atoms with Gasteiger partial charge in [-0.1, -0.05) is 30.4 Å². The highest BCUT2D eigenvalue weighted by atomic mass is 16.1. The maximum Gasteiger partial charge on any atom is 0.126 e. The zero-order valence-corrected chi connectivity index (χ0v) is 10.0. The fourth-order valence-corrected chi connectivity index (χ4v) is 3.16. The molecule has 0 aromatic heterocycles. The first kappa shape index (κ1) is 10.6. The minimum atomic E-state index is 0.112. The second-order valence-corrected chi connectivity index (χ2v) is 5.03. The van der Waals surface area contributed by atoms with E-state index in [0.29, 0.717) is 12.0 Å². The summed E-state index contributed by atoms with van der Waals surface area (Å²) < 4.78 is 0. The van der Waals surface area contributed by atoms with Crippen LogP contribution in [0.2, 0.25) is 0 Å². The number of aldehydes is 1. The van der Waals surface area contributed by atoms with Gasteiger partial charge in [0.15, 0.2) is 0 Å². The van der Waals surface area contributed by atoms with Crippen molar-refractivity contribution in [3.8, 4) is 0 Å². The maximum absolute atomic E-state index is 10.9. The predicted molar refractivity (Wildman–Crippen MR) is 69.3 cm³/mol. The van der Waals surface area contributed by atoms with E-state index in [1.54, 1.807) is 0 Å². The van der Waals surface area contributed by atoms with Crippen LogP contribution in [0.4, 0.5) is 5.69 Å². The summed E-state index contributed by atoms with van der Waals surface area (Å²) in [5, 5.41) is 0. The normalized spacial score (nSPS) is 30.6. The van der Waals surface area contributed by atoms with Crippen LogP contribution in [0, 0.1) is 5.92 Å². The molecule has 0 amide bonds. The molecule has 0 bridgehead atoms. The van der Waals surface area contributed by atoms with Crippen LogP contribution < -0.4 is 4.90 Å². The quantitative estimate of drug-likeness (QED) is 0.543. The highest BCUT2D eigenvalue weighted by Crippen LogP contribution is 2.44. The van der Waals surface area contributed by atoms with Gasteiger partial charge in [-0.05, 0) is 24.5 Å². The third-order valence-corrected chi connectivity index (χ3v) is 4.12. The van der Waals surface area contributed by atoms with E-state index in [1.807, 2.05) is 0 Å². The second kappa shape index (κ2) is 4.02. The molecule has 2 nitrogen and oxygen atoms in total. The highest BCUT2D eigenvalue weighted by molar-refractivity contribution is 5.64. The van der Waals surface area contributed by atoms with Gasteiger partial charge in [0.1, 0.15) is 6.29 Å². The zero-order valence-electron chi connectivity index (χ0n) is 10.0. The molecule has 0 radical (unpaired) electrons. The van der Waals surface area contributed by atoms with Crippen LogP contribution in [0.3, 0.4) is 0 Å². The molecule has 0 saturated heterocycles. The lowest BCUT2D eigenvalue weighted by Gasteiger charge is -2.24. The Hall–Kier alpha value is -1.57. The van der Waals surface area contributed by atoms with Crippen molar-refractivity contribution < 1.29 is 4.79 Å². The number of fused-ring (bicyclic) bond motifs is 3. The van der Waals surface area contributed by atoms with Gasteiger partial charge in [-0.2, -0.15) is 0 Å². The minimum absolute atomic E-state index is 0.112. The molecule has 0 N–H and O–H groups in total. The predicted octanol–water partition coefficient (Wildman–Crippen LogP) is 2.75. The van der Waals surface area contributed by atoms with Crippen LogP contribution in [-0.4, -0.2) is 19.4 Å². The highest BCUT2D eigenvalue weighted by Gasteiger charge is 2.35. The third-order valence-electron chi connectivity index (χ3n) is 4.12. The number of benzene rings is 1. The van der Waals surface area contributed by atoms with E-state index in [1.165, 1.54) is 11.3 Å². The van der Waals surface area contributed by atoms with Gasteiger partial charge in [0.05, 0.1) is 0 Å². The fourth-order valence-electron chi connectivity index (χ4n) is 3.16. The molecule has 2 aliphatic rings. The molecule has 0 spiro atoms. The first-order chi connectivity index (χ1) is 8.31. The number of carbonyl (C=O) groups excluding carboxylic acids is 1. The Morgan fingerprint density at radius 1 is 1.24 bits per heavy atom. The van der Waals surface area contributed by atoms with Crippen molar-refractivity contribution in [2.75, 3.05) is 11.9 Å². The number of allylic oxidation sites excluding steroid dienone is 1. The summed E-state index contributed by atoms with van der Waals surface area (Å²) in [6, 6.07) is 9.12. The Morgan fingerprint density at radius 3 is 2.88 bits per heavy atom. The average Bonchev–Trinajstić information content (AvgIpc) is 2.55. The van der Waals surface area contributed by atoms with E-state index < -0.39 is 0 Å². The van der Waals surface area contributed by atoms with E-state index in [9.17, 15) is 4.79 Å². The molecule has 3 atom stereocenters. The van der Waals surface area contributed by atoms with Gasteiger partial charge >= 0.3 is 0 Å². The van der Waals surface area contributed by atoms with Gasteiger partial charge in [-0.3, -0.25) is 0 Å². The smallest absolute Gasteiger partial charge is 0.126 e. The van der Waals surface area contributed by atoms with Crippen LogP contribution in [0.25, 0.3) is 0 Å². The van der Waals surface area contributed by atoms with Gasteiger partial charge in [0.2, 0.25) is 0 Å². The lowest BCUT2D eigenvalue weighted by atomic mass is 9.93. The molecule has 3 unspecified atom stereocenters. The summed E-state index contributed by atoms with van der Waals surface area (Å²) in [5.41, 5.74) is 2.75. The van der Waals surface area contributed by atoms with Gasteiger partial charge in [-0.15, -0.1) is 0 Å². The van der Waals surface area contributed by atoms with E-state index in [2.05, 4.69) is 48.4 Å². The van der Waals surface area contributed by atoms with E-state index in [0.717, 1.165) is 19.1 Å². The van der Waals surface area contributed by atoms with Gasteiger partial charge < -0.3 is 9.69 Å². The van der Waals surface area contributed by atoms with Crippen molar-refractivity contribution in [3.05, 3.63) is 42.0 Å². The van der Waals surface area contributed by atoms with Crippen molar-refractivity contribution in [1.29, 1.82) is 0 Å². The Bertz CT molecular complexity index is 466. The second-order valence-electron chi connectivity index (χ2n) is 5.03. The number of para-hydroxylation sites is 1. The monoisotopic (exact) mass is 227 g/mol. The number of nitrogens with zero attached hydrogens (tertiary/aromatic N) is 1. The lowest BCUT2D eigenvalue weighted by Crippen LogP contribution is -2.29. The summed E-state index contributed by atoms with van der Waals surface area (Å²) in [6.07, 6.45) is 7.46. The molecule has 1 heterocycles. The molecule has 88 valence electrons. The van der Waals surface area contributed by atoms with Crippen LogP contribution >= 0.6 is 0 Å². The SMILES string of the molecule is CN1c2ccccc2C2C=CC(C=O)CCC21. The molecule has 1 aromatic rings. The van der Waals surface area contributed by atoms with Crippen molar-refractivity contribution >= 4 is 12.0 Å². The fraction of sp³-hybridized carbons (Fsp3) is 0.400. The number of carbonyl (C=O) groups is 1. The summed E-state index contributed by atoms with van der Waals surface area (Å²) in [5.74, 6) is 0.572. The first-order valence-corrected chi connectivity index (χ1v) is 6.26. The van der Waals surface area contributed by atoms with Crippen molar-refractivity contribution in [1.82, 2.24) is 0 Å². The summed E-state index contributed by atoms with van der Waals surface area (Å²) in [4.78, 5) is 13.3. The molecule has 1 aliphatic carbocycles. The van der Waals surface area contributed by atoms with E-state index in [-0.39, 0.29) is 5.92 Å². The molecule has 0 fully saturated rings. The Morgan fingerprint density at radius 2 is 2.06 bits per heavy atom. The van der Waals surface area contributed by atoms with Gasteiger partial charge in [-0.25, -0.2) is 0 Å². The molecule has 1 aromatic carbocycles. The van der Waals surface area contributed by atoms with Crippen LogP contribution in [-0.2, 0) is 4.79 Å². The zero-order chi connectivity index (χ0) is 11.8. The Labute approximate surface area is 102 Å². The molecule has 0 saturated carbocycles. The van der Waals surface area contributed by atoms with Crippen molar-refractivity contribution in [2.24, 2.45) is 5.92 Å². The largest absolute Gasteiger partial charge is 0.370 e. The molecular formula is C15H17NO. The van der Waals surface area contributed by atoms with Crippen LogP contribution in [0.1, 0.15) is 24.3 Å². The molecule has 1 aliphatic heterocycles. The maximum atomic E-state index is 10.9. The topological polar surface area (TPSA) is 20.3 Å². The molecule has 3 rings (SSSR count). The van der Waals surface area contributed by atoms with Crippen LogP contribution in [0.5, 0.6) is 0 Å². The minimum Gasteiger partial charge on any atom is -0.370 e. The number of hydrogen-bond acceptors (Lipinski definition) is 2. The molecule has 17 heavy (non-hydrogen) atoms. The lowest BCUT2D eigenvalue weighted by molar-refractivity contribution is -0.110. The number of hydrogen-bond donors (Lipinski definition) is 0. The Kier molecular flexibility index (Phi) is 2.50. The summed E-state index contributed by atoms with van der Waals surface area (Å²) in [7, 11) is 2.17. The summed E-state index contributed by atoms with van der Waals surface area (Å²) in [6.45, 7) is 0. The average molecular weight is 227 g/mol. The number of anilines is 1. The van der Waals surface area contributed by atoms with Crippen molar-refractivity contribution in [3.63, 3.8) is 0 Å². The first-order valence-electron chi connectivity index (χ1n) is 6.26. The van der Waals surface area contributed by atoms with E-state index >= 15 is 0 Å². The standard InChI is InChI=1S/C15H17NO/c1-16-14-5-3-2-4-12(14)13-8-6-11(10-17)7-9-15(13)16/h2-6,8,10-11,13,15H,7,9H2,1H3. The Balaban J connectivity index is 2.01. The number of rotatable bonds is 1. The van der Waals surface area contributed by atoms with Crippen molar-refractivity contribution in [2.45, 2.75) is 24.8 Å². The van der Waals surface area contributed by atoms with Gasteiger partial charge in [0, 0.05) is 30.6 Å². The summed E-state index contributed by atoms with van der Waals surface area (Å²) >= 11 is 0. The van der Waals surface area contributed by atoms with E-state index in [4.69, 9.17) is 0 Å². The van der Waals surface area contributed by atoms with Gasteiger partial charge in [0.25, 0.3) is 0 Å².